The molecule has 0 bridgehead atoms. The maximum absolute atomic E-state index is 13.1. The minimum Gasteiger partial charge on any atom is -0.489 e. The van der Waals surface area contributed by atoms with Crippen LogP contribution in [-0.4, -0.2) is 29.1 Å². The Morgan fingerprint density at radius 3 is 2.69 bits per heavy atom. The lowest BCUT2D eigenvalue weighted by Crippen LogP contribution is -2.38. The zero-order valence-electron chi connectivity index (χ0n) is 21.8. The van der Waals surface area contributed by atoms with Gasteiger partial charge in [0.2, 0.25) is 5.91 Å². The number of rotatable bonds is 10. The second-order valence-corrected chi connectivity index (χ2v) is 9.82. The molecule has 3 aromatic rings. The highest BCUT2D eigenvalue weighted by Crippen LogP contribution is 2.45. The summed E-state index contributed by atoms with van der Waals surface area (Å²) < 4.78 is 16.6. The second kappa shape index (κ2) is 12.1. The molecule has 3 heterocycles. The number of aliphatic imine (C=N–C) groups is 1. The quantitative estimate of drug-likeness (QED) is 0.328. The zero-order chi connectivity index (χ0) is 27.2. The van der Waals surface area contributed by atoms with Crippen LogP contribution in [0.15, 0.2) is 105 Å². The van der Waals surface area contributed by atoms with E-state index in [1.807, 2.05) is 77.9 Å². The molecule has 1 atom stereocenters. The summed E-state index contributed by atoms with van der Waals surface area (Å²) in [6.07, 6.45) is 2.24. The number of amidine groups is 1. The van der Waals surface area contributed by atoms with E-state index in [0.29, 0.717) is 47.5 Å². The van der Waals surface area contributed by atoms with E-state index in [-0.39, 0.29) is 12.3 Å². The summed E-state index contributed by atoms with van der Waals surface area (Å²) in [7, 11) is 1.37. The molecule has 39 heavy (non-hydrogen) atoms. The molecule has 1 amide bonds. The van der Waals surface area contributed by atoms with Crippen molar-refractivity contribution in [1.29, 1.82) is 0 Å². The van der Waals surface area contributed by atoms with Gasteiger partial charge in [-0.15, -0.1) is 0 Å². The van der Waals surface area contributed by atoms with Crippen molar-refractivity contribution in [3.8, 4) is 5.75 Å². The Labute approximate surface area is 231 Å². The number of carbonyl (C=O) groups is 2. The predicted molar refractivity (Wildman–Crippen MR) is 149 cm³/mol. The van der Waals surface area contributed by atoms with Crippen LogP contribution in [0.2, 0.25) is 0 Å². The Morgan fingerprint density at radius 1 is 1.10 bits per heavy atom. The molecular weight excluding hydrogens is 514 g/mol. The van der Waals surface area contributed by atoms with Crippen molar-refractivity contribution in [3.63, 3.8) is 0 Å². The molecule has 9 heteroatoms. The average Bonchev–Trinajstić information content (AvgIpc) is 3.64. The van der Waals surface area contributed by atoms with Crippen LogP contribution >= 0.6 is 11.8 Å². The number of nitrogens with zero attached hydrogens (tertiary/aromatic N) is 2. The lowest BCUT2D eigenvalue weighted by atomic mass is 9.92. The minimum atomic E-state index is -0.528. The number of allylic oxidation sites excluding steroid dienone is 1. The fourth-order valence-electron chi connectivity index (χ4n) is 4.57. The average molecular weight is 544 g/mol. The molecule has 2 aromatic carbocycles. The molecule has 0 radical (unpaired) electrons. The number of fused-ring (bicyclic) bond motifs is 1. The smallest absolute Gasteiger partial charge is 0.338 e. The summed E-state index contributed by atoms with van der Waals surface area (Å²) in [5.41, 5.74) is 3.75. The molecule has 8 nitrogen and oxygen atoms in total. The summed E-state index contributed by atoms with van der Waals surface area (Å²) in [6, 6.07) is 20.7. The summed E-state index contributed by atoms with van der Waals surface area (Å²) in [5, 5.41) is 5.53. The number of ether oxygens (including phenoxy) is 2. The topological polar surface area (TPSA) is 93.4 Å². The number of esters is 1. The van der Waals surface area contributed by atoms with E-state index >= 15 is 0 Å². The maximum atomic E-state index is 13.1. The number of hydrogen-bond acceptors (Lipinski definition) is 8. The number of thioether (sulfide) groups is 1. The number of benzene rings is 2. The largest absolute Gasteiger partial charge is 0.489 e. The van der Waals surface area contributed by atoms with Gasteiger partial charge in [-0.3, -0.25) is 4.79 Å². The van der Waals surface area contributed by atoms with Crippen LogP contribution in [0, 0.1) is 0 Å². The van der Waals surface area contributed by atoms with Crippen molar-refractivity contribution in [2.45, 2.75) is 39.0 Å². The molecule has 0 saturated carbocycles. The van der Waals surface area contributed by atoms with Crippen molar-refractivity contribution in [3.05, 3.63) is 112 Å². The Hall–Kier alpha value is -4.24. The van der Waals surface area contributed by atoms with Crippen molar-refractivity contribution in [2.75, 3.05) is 7.11 Å². The normalized spacial score (nSPS) is 16.4. The monoisotopic (exact) mass is 543 g/mol. The van der Waals surface area contributed by atoms with Gasteiger partial charge in [0.1, 0.15) is 18.1 Å². The Balaban J connectivity index is 1.44. The van der Waals surface area contributed by atoms with Gasteiger partial charge in [-0.2, -0.15) is 0 Å². The number of nitrogens with one attached hydrogen (secondary N) is 1. The van der Waals surface area contributed by atoms with Gasteiger partial charge in [0.05, 0.1) is 43.7 Å². The van der Waals surface area contributed by atoms with Crippen LogP contribution in [-0.2, 0) is 27.5 Å². The van der Waals surface area contributed by atoms with E-state index in [2.05, 4.69) is 5.32 Å². The van der Waals surface area contributed by atoms with Crippen LogP contribution in [0.4, 0.5) is 0 Å². The lowest BCUT2D eigenvalue weighted by Gasteiger charge is -2.36. The SMILES string of the molecule is CCC1=C(C(=O)OC)C(c2cccc(OCc3ccccc3)c2)N2C(CC(=O)NCc3ccco3)=CSC2=N1. The lowest BCUT2D eigenvalue weighted by molar-refractivity contribution is -0.136. The maximum Gasteiger partial charge on any atom is 0.338 e. The van der Waals surface area contributed by atoms with E-state index in [1.165, 1.54) is 18.9 Å². The molecule has 1 unspecified atom stereocenters. The molecule has 1 aromatic heterocycles. The number of amides is 1. The van der Waals surface area contributed by atoms with Crippen molar-refractivity contribution < 1.29 is 23.5 Å². The first kappa shape index (κ1) is 26.4. The summed E-state index contributed by atoms with van der Waals surface area (Å²) in [5.74, 6) is 0.736. The van der Waals surface area contributed by atoms with Gasteiger partial charge in [0.15, 0.2) is 5.17 Å². The standard InChI is InChI=1S/C30H29N3O5S/c1-3-25-27(29(35)36-2)28(21-11-7-12-23(15-21)38-18-20-9-5-4-6-10-20)33-22(19-39-30(33)32-25)16-26(34)31-17-24-13-8-14-37-24/h4-15,19,28H,3,16-18H2,1-2H3,(H,31,34). The molecule has 5 rings (SSSR count). The summed E-state index contributed by atoms with van der Waals surface area (Å²) in [4.78, 5) is 32.8. The molecule has 2 aliphatic rings. The van der Waals surface area contributed by atoms with Gasteiger partial charge in [-0.1, -0.05) is 61.2 Å². The van der Waals surface area contributed by atoms with Crippen molar-refractivity contribution >= 4 is 28.8 Å². The van der Waals surface area contributed by atoms with Crippen LogP contribution in [0.5, 0.6) is 5.75 Å². The highest BCUT2D eigenvalue weighted by atomic mass is 32.2. The first-order valence-electron chi connectivity index (χ1n) is 12.7. The fourth-order valence-corrected chi connectivity index (χ4v) is 5.51. The summed E-state index contributed by atoms with van der Waals surface area (Å²) in [6.45, 7) is 2.68. The molecule has 0 spiro atoms. The van der Waals surface area contributed by atoms with Gasteiger partial charge in [-0.25, -0.2) is 9.79 Å². The zero-order valence-corrected chi connectivity index (χ0v) is 22.6. The van der Waals surface area contributed by atoms with E-state index < -0.39 is 12.0 Å². The Morgan fingerprint density at radius 2 is 1.95 bits per heavy atom. The van der Waals surface area contributed by atoms with E-state index in [4.69, 9.17) is 18.9 Å². The Bertz CT molecular complexity index is 1430. The van der Waals surface area contributed by atoms with E-state index in [1.54, 1.807) is 12.3 Å². The van der Waals surface area contributed by atoms with Crippen molar-refractivity contribution in [2.24, 2.45) is 4.99 Å². The highest BCUT2D eigenvalue weighted by molar-refractivity contribution is 8.16. The Kier molecular flexibility index (Phi) is 8.17. The molecule has 0 aliphatic carbocycles. The van der Waals surface area contributed by atoms with Crippen molar-refractivity contribution in [1.82, 2.24) is 10.2 Å². The van der Waals surface area contributed by atoms with Crippen LogP contribution in [0.1, 0.15) is 42.7 Å². The molecule has 200 valence electrons. The first-order chi connectivity index (χ1) is 19.1. The summed E-state index contributed by atoms with van der Waals surface area (Å²) >= 11 is 1.44. The second-order valence-electron chi connectivity index (χ2n) is 8.98. The molecule has 0 fully saturated rings. The minimum absolute atomic E-state index is 0.114. The molecule has 2 aliphatic heterocycles. The van der Waals surface area contributed by atoms with Gasteiger partial charge < -0.3 is 24.1 Å². The molecule has 0 saturated heterocycles. The van der Waals surface area contributed by atoms with Gasteiger partial charge in [0, 0.05) is 5.70 Å². The third-order valence-corrected chi connectivity index (χ3v) is 7.32. The third-order valence-electron chi connectivity index (χ3n) is 6.43. The number of furan rings is 1. The highest BCUT2D eigenvalue weighted by Gasteiger charge is 2.41. The fraction of sp³-hybridized carbons (Fsp3) is 0.233. The number of hydrogen-bond donors (Lipinski definition) is 1. The van der Waals surface area contributed by atoms with Gasteiger partial charge in [0.25, 0.3) is 0 Å². The van der Waals surface area contributed by atoms with E-state index in [9.17, 15) is 9.59 Å². The third kappa shape index (κ3) is 5.93. The van der Waals surface area contributed by atoms with Gasteiger partial charge >= 0.3 is 5.97 Å². The van der Waals surface area contributed by atoms with E-state index in [0.717, 1.165) is 16.8 Å². The molecule has 1 N–H and O–H groups in total. The molecular formula is C30H29N3O5S. The van der Waals surface area contributed by atoms with Crippen LogP contribution in [0.25, 0.3) is 0 Å². The van der Waals surface area contributed by atoms with Crippen LogP contribution < -0.4 is 10.1 Å². The predicted octanol–water partition coefficient (Wildman–Crippen LogP) is 5.70. The van der Waals surface area contributed by atoms with Crippen LogP contribution in [0.3, 0.4) is 0 Å². The first-order valence-corrected chi connectivity index (χ1v) is 13.6. The van der Waals surface area contributed by atoms with Gasteiger partial charge in [-0.05, 0) is 47.2 Å². The number of carbonyl (C=O) groups excluding carboxylic acids is 2. The number of methoxy groups -OCH3 is 1.